The quantitative estimate of drug-likeness (QED) is 0.355. The van der Waals surface area contributed by atoms with Crippen molar-refractivity contribution in [3.05, 3.63) is 71.6 Å². The van der Waals surface area contributed by atoms with E-state index in [0.29, 0.717) is 12.8 Å². The van der Waals surface area contributed by atoms with Crippen molar-refractivity contribution in [1.82, 2.24) is 4.72 Å². The Morgan fingerprint density at radius 3 is 2.50 bits per heavy atom. The van der Waals surface area contributed by atoms with Crippen molar-refractivity contribution < 1.29 is 13.8 Å². The highest BCUT2D eigenvalue weighted by molar-refractivity contribution is 8.02. The van der Waals surface area contributed by atoms with Crippen LogP contribution in [0.3, 0.4) is 0 Å². The summed E-state index contributed by atoms with van der Waals surface area (Å²) in [5.41, 5.74) is 3.78. The van der Waals surface area contributed by atoms with Crippen molar-refractivity contribution in [2.24, 2.45) is 0 Å². The van der Waals surface area contributed by atoms with Crippen LogP contribution >= 0.6 is 11.3 Å². The average Bonchev–Trinajstić information content (AvgIpc) is 3.53. The molecule has 1 amide bonds. The van der Waals surface area contributed by atoms with Crippen molar-refractivity contribution >= 4 is 43.8 Å². The lowest BCUT2D eigenvalue weighted by atomic mass is 10.0. The summed E-state index contributed by atoms with van der Waals surface area (Å²) >= 11 is 1.46. The van der Waals surface area contributed by atoms with E-state index in [4.69, 9.17) is 0 Å². The number of hydrogen-bond donors (Lipinski definition) is 2. The van der Waals surface area contributed by atoms with Gasteiger partial charge in [-0.1, -0.05) is 49.4 Å². The molecular formula is C25H26N2O3S2. The molecule has 1 aromatic heterocycles. The number of anilines is 1. The van der Waals surface area contributed by atoms with Gasteiger partial charge in [0.2, 0.25) is 5.91 Å². The second-order valence-corrected chi connectivity index (χ2v) is 11.3. The zero-order valence-corrected chi connectivity index (χ0v) is 19.5. The van der Waals surface area contributed by atoms with E-state index < -0.39 is 15.7 Å². The van der Waals surface area contributed by atoms with Crippen LogP contribution in [0.25, 0.3) is 11.1 Å². The maximum atomic E-state index is 13.6. The fourth-order valence-electron chi connectivity index (χ4n) is 3.49. The van der Waals surface area contributed by atoms with E-state index in [2.05, 4.69) is 10.0 Å². The zero-order valence-electron chi connectivity index (χ0n) is 17.9. The van der Waals surface area contributed by atoms with Gasteiger partial charge in [-0.2, -0.15) is 0 Å². The number of aldehydes is 1. The fourth-order valence-corrected chi connectivity index (χ4v) is 7.23. The van der Waals surface area contributed by atoms with Crippen LogP contribution in [0, 0.1) is 0 Å². The molecule has 0 spiro atoms. The van der Waals surface area contributed by atoms with Gasteiger partial charge in [0.25, 0.3) is 0 Å². The standard InChI is InChI=1S/C25H26N2O3S2/c1-2-24(29)26-21-6-3-5-20(16-21)19-10-8-18(9-11-19)15-22(17-28)27-32(30,23-12-13-23)25-7-4-14-31-25/h3-11,14,16-17,22H,2,12-13,15H2,1H3,(H,26,29)(H,27,30). The zero-order chi connectivity index (χ0) is 22.6. The van der Waals surface area contributed by atoms with Gasteiger partial charge in [0.05, 0.1) is 20.0 Å². The first-order valence-corrected chi connectivity index (χ1v) is 13.1. The molecule has 4 rings (SSSR count). The van der Waals surface area contributed by atoms with Crippen LogP contribution in [-0.2, 0) is 25.7 Å². The Hall–Kier alpha value is -2.74. The summed E-state index contributed by atoms with van der Waals surface area (Å²) in [7, 11) is -2.51. The Balaban J connectivity index is 1.48. The number of amides is 1. The number of carbonyl (C=O) groups is 2. The smallest absolute Gasteiger partial charge is 0.224 e. The topological polar surface area (TPSA) is 75.3 Å². The molecule has 2 N–H and O–H groups in total. The van der Waals surface area contributed by atoms with Crippen molar-refractivity contribution in [1.29, 1.82) is 0 Å². The van der Waals surface area contributed by atoms with E-state index in [1.807, 2.05) is 73.0 Å². The molecule has 1 fully saturated rings. The number of rotatable bonds is 9. The first-order valence-electron chi connectivity index (χ1n) is 10.7. The third kappa shape index (κ3) is 5.18. The van der Waals surface area contributed by atoms with Crippen molar-refractivity contribution in [3.8, 4) is 11.1 Å². The largest absolute Gasteiger partial charge is 0.326 e. The van der Waals surface area contributed by atoms with Crippen molar-refractivity contribution in [3.63, 3.8) is 0 Å². The maximum absolute atomic E-state index is 13.6. The first-order chi connectivity index (χ1) is 15.5. The van der Waals surface area contributed by atoms with Crippen molar-refractivity contribution in [2.75, 3.05) is 5.32 Å². The monoisotopic (exact) mass is 466 g/mol. The number of carbonyl (C=O) groups excluding carboxylic acids is 2. The van der Waals surface area contributed by atoms with E-state index >= 15 is 0 Å². The molecule has 5 nitrogen and oxygen atoms in total. The van der Waals surface area contributed by atoms with Crippen molar-refractivity contribution in [2.45, 2.75) is 42.9 Å². The Morgan fingerprint density at radius 2 is 1.88 bits per heavy atom. The molecule has 2 aromatic carbocycles. The number of nitrogens with one attached hydrogen (secondary N) is 2. The summed E-state index contributed by atoms with van der Waals surface area (Å²) < 4.78 is 17.6. The van der Waals surface area contributed by atoms with Gasteiger partial charge in [0, 0.05) is 17.0 Å². The molecule has 0 radical (unpaired) electrons. The Morgan fingerprint density at radius 1 is 1.09 bits per heavy atom. The summed E-state index contributed by atoms with van der Waals surface area (Å²) in [6, 6.07) is 18.9. The van der Waals surface area contributed by atoms with E-state index in [1.54, 1.807) is 0 Å². The van der Waals surface area contributed by atoms with Gasteiger partial charge in [0.1, 0.15) is 6.29 Å². The predicted octanol–water partition coefficient (Wildman–Crippen LogP) is 4.69. The van der Waals surface area contributed by atoms with Gasteiger partial charge < -0.3 is 10.1 Å². The Labute approximate surface area is 193 Å². The molecule has 1 aliphatic carbocycles. The van der Waals surface area contributed by atoms with Crippen LogP contribution in [0.4, 0.5) is 5.69 Å². The van der Waals surface area contributed by atoms with Crippen LogP contribution in [0.15, 0.2) is 70.3 Å². The average molecular weight is 467 g/mol. The van der Waals surface area contributed by atoms with E-state index in [-0.39, 0.29) is 5.91 Å². The predicted molar refractivity (Wildman–Crippen MR) is 132 cm³/mol. The summed E-state index contributed by atoms with van der Waals surface area (Å²) in [5, 5.41) is 4.79. The molecule has 0 aliphatic heterocycles. The SMILES string of the molecule is CCC(=O)Nc1cccc(-c2ccc(CC(C=O)NS(=O)(=C3CC3)c3cccs3)cc2)c1. The second kappa shape index (κ2) is 9.81. The molecule has 166 valence electrons. The molecular weight excluding hydrogens is 440 g/mol. The molecule has 2 unspecified atom stereocenters. The third-order valence-electron chi connectivity index (χ3n) is 5.33. The number of hydrogen-bond acceptors (Lipinski definition) is 4. The lowest BCUT2D eigenvalue weighted by Crippen LogP contribution is -2.38. The normalized spacial score (nSPS) is 15.6. The molecule has 2 atom stereocenters. The highest BCUT2D eigenvalue weighted by Gasteiger charge is 2.28. The van der Waals surface area contributed by atoms with Gasteiger partial charge in [-0.15, -0.1) is 11.3 Å². The summed E-state index contributed by atoms with van der Waals surface area (Å²) in [6.45, 7) is 1.82. The third-order valence-corrected chi connectivity index (χ3v) is 9.54. The van der Waals surface area contributed by atoms with Crippen LogP contribution in [0.2, 0.25) is 0 Å². The van der Waals surface area contributed by atoms with Gasteiger partial charge >= 0.3 is 0 Å². The number of benzene rings is 2. The van der Waals surface area contributed by atoms with Crippen LogP contribution in [-0.4, -0.2) is 27.3 Å². The molecule has 0 bridgehead atoms. The Kier molecular flexibility index (Phi) is 6.89. The minimum absolute atomic E-state index is 0.0200. The maximum Gasteiger partial charge on any atom is 0.224 e. The van der Waals surface area contributed by atoms with Gasteiger partial charge in [-0.3, -0.25) is 4.79 Å². The second-order valence-electron chi connectivity index (χ2n) is 7.77. The summed E-state index contributed by atoms with van der Waals surface area (Å²) in [5.74, 6) is -0.0200. The Bertz CT molecular complexity index is 1220. The number of thiophene rings is 1. The van der Waals surface area contributed by atoms with Gasteiger partial charge in [0.15, 0.2) is 0 Å². The van der Waals surface area contributed by atoms with Gasteiger partial charge in [-0.05, 0) is 59.5 Å². The summed E-state index contributed by atoms with van der Waals surface area (Å²) in [6.07, 6.45) is 3.45. The first kappa shape index (κ1) is 22.5. The van der Waals surface area contributed by atoms with Crippen LogP contribution < -0.4 is 10.0 Å². The minimum Gasteiger partial charge on any atom is -0.326 e. The van der Waals surface area contributed by atoms with Crippen LogP contribution in [0.1, 0.15) is 31.7 Å². The molecule has 1 heterocycles. The minimum atomic E-state index is -2.51. The molecule has 7 heteroatoms. The molecule has 1 aliphatic rings. The van der Waals surface area contributed by atoms with E-state index in [9.17, 15) is 13.8 Å². The highest BCUT2D eigenvalue weighted by Crippen LogP contribution is 2.28. The lowest BCUT2D eigenvalue weighted by molar-refractivity contribution is -0.116. The molecule has 3 aromatic rings. The lowest BCUT2D eigenvalue weighted by Gasteiger charge is -2.17. The molecule has 1 saturated carbocycles. The van der Waals surface area contributed by atoms with Crippen LogP contribution in [0.5, 0.6) is 0 Å². The van der Waals surface area contributed by atoms with E-state index in [0.717, 1.165) is 50.6 Å². The van der Waals surface area contributed by atoms with Gasteiger partial charge in [-0.25, -0.2) is 8.93 Å². The van der Waals surface area contributed by atoms with E-state index in [1.165, 1.54) is 11.3 Å². The molecule has 32 heavy (non-hydrogen) atoms. The summed E-state index contributed by atoms with van der Waals surface area (Å²) in [4.78, 5) is 24.5. The highest BCUT2D eigenvalue weighted by atomic mass is 32.2. The fraction of sp³-hybridized carbons (Fsp3) is 0.240. The molecule has 0 saturated heterocycles.